The second-order valence-corrected chi connectivity index (χ2v) is 6.16. The van der Waals surface area contributed by atoms with Gasteiger partial charge in [-0.05, 0) is 26.0 Å². The second-order valence-electron chi connectivity index (χ2n) is 4.09. The molecule has 1 N–H and O–H groups in total. The molecule has 0 aromatic carbocycles. The average Bonchev–Trinajstić information content (AvgIpc) is 2.56. The van der Waals surface area contributed by atoms with E-state index in [2.05, 4.69) is 14.8 Å². The largest absolute Gasteiger partial charge is 0.276 e. The van der Waals surface area contributed by atoms with Crippen molar-refractivity contribution in [2.24, 2.45) is 7.05 Å². The highest BCUT2D eigenvalue weighted by molar-refractivity contribution is 7.92. The molecule has 0 saturated heterocycles. The lowest BCUT2D eigenvalue weighted by Crippen LogP contribution is -2.14. The van der Waals surface area contributed by atoms with Gasteiger partial charge in [0, 0.05) is 13.2 Å². The van der Waals surface area contributed by atoms with Crippen LogP contribution in [0, 0.1) is 13.8 Å². The molecule has 0 aliphatic carbocycles. The number of halogens is 1. The third kappa shape index (κ3) is 2.71. The Morgan fingerprint density at radius 2 is 2.00 bits per heavy atom. The van der Waals surface area contributed by atoms with Gasteiger partial charge in [-0.1, -0.05) is 11.6 Å². The van der Waals surface area contributed by atoms with Gasteiger partial charge in [0.1, 0.15) is 10.0 Å². The van der Waals surface area contributed by atoms with E-state index < -0.39 is 10.0 Å². The Morgan fingerprint density at radius 3 is 2.47 bits per heavy atom. The van der Waals surface area contributed by atoms with Crippen LogP contribution in [0.15, 0.2) is 23.2 Å². The van der Waals surface area contributed by atoms with Gasteiger partial charge in [0.05, 0.1) is 17.1 Å². The first-order valence-electron chi connectivity index (χ1n) is 5.46. The first-order chi connectivity index (χ1) is 8.81. The van der Waals surface area contributed by atoms with Gasteiger partial charge in [-0.25, -0.2) is 13.4 Å². The Bertz CT molecular complexity index is 707. The molecule has 0 atom stereocenters. The van der Waals surface area contributed by atoms with Crippen LogP contribution in [0.5, 0.6) is 0 Å². The smallest absolute Gasteiger partial charge is 0.263 e. The molecule has 0 aliphatic rings. The van der Waals surface area contributed by atoms with Crippen molar-refractivity contribution in [2.75, 3.05) is 4.72 Å². The molecule has 6 nitrogen and oxygen atoms in total. The van der Waals surface area contributed by atoms with Crippen LogP contribution in [0.4, 0.5) is 5.69 Å². The summed E-state index contributed by atoms with van der Waals surface area (Å²) in [6.07, 6.45) is 1.21. The van der Waals surface area contributed by atoms with Crippen molar-refractivity contribution < 1.29 is 8.42 Å². The molecule has 2 aromatic rings. The lowest BCUT2D eigenvalue weighted by molar-refractivity contribution is 0.600. The molecule has 102 valence electrons. The lowest BCUT2D eigenvalue weighted by atomic mass is 10.3. The Labute approximate surface area is 116 Å². The number of aryl methyl sites for hydroxylation is 2. The van der Waals surface area contributed by atoms with Gasteiger partial charge in [0.2, 0.25) is 0 Å². The molecular weight excluding hydrogens is 288 g/mol. The number of rotatable bonds is 3. The standard InChI is InChI=1S/C11H13ClN4O2S/c1-7-11(8(2)16(3)14-7)15-19(17,18)9-4-5-10(12)13-6-9/h4-6,15H,1-3H3. The van der Waals surface area contributed by atoms with E-state index >= 15 is 0 Å². The molecular formula is C11H13ClN4O2S. The van der Waals surface area contributed by atoms with Crippen LogP contribution in [-0.4, -0.2) is 23.2 Å². The second kappa shape index (κ2) is 4.82. The summed E-state index contributed by atoms with van der Waals surface area (Å²) in [5.74, 6) is 0. The zero-order valence-corrected chi connectivity index (χ0v) is 12.2. The van der Waals surface area contributed by atoms with Crippen molar-refractivity contribution in [1.82, 2.24) is 14.8 Å². The first-order valence-corrected chi connectivity index (χ1v) is 7.32. The van der Waals surface area contributed by atoms with E-state index in [9.17, 15) is 8.42 Å². The van der Waals surface area contributed by atoms with Crippen molar-refractivity contribution >= 4 is 27.3 Å². The van der Waals surface area contributed by atoms with E-state index in [1.54, 1.807) is 25.6 Å². The van der Waals surface area contributed by atoms with Crippen molar-refractivity contribution in [1.29, 1.82) is 0 Å². The molecule has 2 rings (SSSR count). The molecule has 2 heterocycles. The summed E-state index contributed by atoms with van der Waals surface area (Å²) < 4.78 is 28.5. The fourth-order valence-electron chi connectivity index (χ4n) is 1.64. The number of hydrogen-bond donors (Lipinski definition) is 1. The number of nitrogens with zero attached hydrogens (tertiary/aromatic N) is 3. The van der Waals surface area contributed by atoms with Crippen LogP contribution in [0.25, 0.3) is 0 Å². The van der Waals surface area contributed by atoms with Gasteiger partial charge in [0.15, 0.2) is 0 Å². The van der Waals surface area contributed by atoms with Gasteiger partial charge >= 0.3 is 0 Å². The van der Waals surface area contributed by atoms with E-state index in [1.807, 2.05) is 0 Å². The highest BCUT2D eigenvalue weighted by Gasteiger charge is 2.19. The molecule has 0 bridgehead atoms. The van der Waals surface area contributed by atoms with Crippen molar-refractivity contribution in [2.45, 2.75) is 18.7 Å². The number of aromatic nitrogens is 3. The van der Waals surface area contributed by atoms with Gasteiger partial charge in [-0.2, -0.15) is 5.10 Å². The average molecular weight is 301 g/mol. The van der Waals surface area contributed by atoms with Crippen LogP contribution in [0.1, 0.15) is 11.4 Å². The molecule has 0 amide bonds. The predicted octanol–water partition coefficient (Wildman–Crippen LogP) is 1.89. The number of pyridine rings is 1. The van der Waals surface area contributed by atoms with Gasteiger partial charge in [0.25, 0.3) is 10.0 Å². The van der Waals surface area contributed by atoms with Crippen molar-refractivity contribution in [3.8, 4) is 0 Å². The maximum Gasteiger partial charge on any atom is 0.263 e. The molecule has 0 unspecified atom stereocenters. The summed E-state index contributed by atoms with van der Waals surface area (Å²) in [4.78, 5) is 3.82. The highest BCUT2D eigenvalue weighted by Crippen LogP contribution is 2.22. The van der Waals surface area contributed by atoms with Gasteiger partial charge in [-0.15, -0.1) is 0 Å². The summed E-state index contributed by atoms with van der Waals surface area (Å²) in [6.45, 7) is 3.53. The quantitative estimate of drug-likeness (QED) is 0.878. The Kier molecular flexibility index (Phi) is 3.51. The lowest BCUT2D eigenvalue weighted by Gasteiger charge is -2.08. The summed E-state index contributed by atoms with van der Waals surface area (Å²) in [7, 11) is -1.93. The fraction of sp³-hybridized carbons (Fsp3) is 0.273. The van der Waals surface area contributed by atoms with E-state index in [1.165, 1.54) is 18.3 Å². The fourth-order valence-corrected chi connectivity index (χ4v) is 2.87. The molecule has 0 aliphatic heterocycles. The molecule has 0 saturated carbocycles. The maximum atomic E-state index is 12.2. The summed E-state index contributed by atoms with van der Waals surface area (Å²) in [6, 6.07) is 2.83. The maximum absolute atomic E-state index is 12.2. The third-order valence-corrected chi connectivity index (χ3v) is 4.31. The molecule has 8 heteroatoms. The van der Waals surface area contributed by atoms with Crippen LogP contribution >= 0.6 is 11.6 Å². The first kappa shape index (κ1) is 13.8. The van der Waals surface area contributed by atoms with E-state index in [0.29, 0.717) is 11.4 Å². The summed E-state index contributed by atoms with van der Waals surface area (Å²) >= 11 is 5.64. The topological polar surface area (TPSA) is 76.9 Å². The van der Waals surface area contributed by atoms with E-state index in [4.69, 9.17) is 11.6 Å². The number of hydrogen-bond acceptors (Lipinski definition) is 4. The minimum atomic E-state index is -3.69. The van der Waals surface area contributed by atoms with Crippen LogP contribution in [0.2, 0.25) is 5.15 Å². The van der Waals surface area contributed by atoms with Gasteiger partial charge < -0.3 is 0 Å². The van der Waals surface area contributed by atoms with Crippen LogP contribution < -0.4 is 4.72 Å². The van der Waals surface area contributed by atoms with Crippen molar-refractivity contribution in [3.05, 3.63) is 34.9 Å². The highest BCUT2D eigenvalue weighted by atomic mass is 35.5. The Morgan fingerprint density at radius 1 is 1.32 bits per heavy atom. The summed E-state index contributed by atoms with van der Waals surface area (Å²) in [5.41, 5.74) is 1.84. The van der Waals surface area contributed by atoms with Crippen LogP contribution in [0.3, 0.4) is 0 Å². The van der Waals surface area contributed by atoms with Gasteiger partial charge in [-0.3, -0.25) is 9.40 Å². The zero-order valence-electron chi connectivity index (χ0n) is 10.7. The van der Waals surface area contributed by atoms with E-state index in [0.717, 1.165) is 5.69 Å². The normalized spacial score (nSPS) is 11.6. The van der Waals surface area contributed by atoms with Crippen LogP contribution in [-0.2, 0) is 17.1 Å². The Hall–Kier alpha value is -1.60. The number of sulfonamides is 1. The zero-order chi connectivity index (χ0) is 14.2. The van der Waals surface area contributed by atoms with Crippen molar-refractivity contribution in [3.63, 3.8) is 0 Å². The molecule has 2 aromatic heterocycles. The third-order valence-electron chi connectivity index (χ3n) is 2.76. The molecule has 0 spiro atoms. The minimum Gasteiger partial charge on any atom is -0.276 e. The molecule has 19 heavy (non-hydrogen) atoms. The summed E-state index contributed by atoms with van der Waals surface area (Å²) in [5, 5.41) is 4.40. The SMILES string of the molecule is Cc1nn(C)c(C)c1NS(=O)(=O)c1ccc(Cl)nc1. The Balaban J connectivity index is 2.39. The molecule has 0 fully saturated rings. The monoisotopic (exact) mass is 300 g/mol. The van der Waals surface area contributed by atoms with E-state index in [-0.39, 0.29) is 10.0 Å². The number of anilines is 1. The minimum absolute atomic E-state index is 0.0551. The predicted molar refractivity (Wildman–Crippen MR) is 72.7 cm³/mol. The molecule has 0 radical (unpaired) electrons. The number of nitrogens with one attached hydrogen (secondary N) is 1.